The minimum Gasteiger partial charge on any atom is -0.308 e. The monoisotopic (exact) mass is 409 g/mol. The first-order chi connectivity index (χ1) is 13.5. The summed E-state index contributed by atoms with van der Waals surface area (Å²) in [7, 11) is 0. The molecule has 8 heteroatoms. The summed E-state index contributed by atoms with van der Waals surface area (Å²) in [5.41, 5.74) is 4.73. The fourth-order valence-electron chi connectivity index (χ4n) is 3.18. The van der Waals surface area contributed by atoms with E-state index in [2.05, 4.69) is 5.43 Å². The number of hydrazine groups is 1. The van der Waals surface area contributed by atoms with Crippen molar-refractivity contribution in [2.75, 3.05) is 11.4 Å². The normalized spacial score (nSPS) is 18.7. The third kappa shape index (κ3) is 2.90. The van der Waals surface area contributed by atoms with Gasteiger partial charge in [0.1, 0.15) is 0 Å². The Bertz CT molecular complexity index is 1050. The van der Waals surface area contributed by atoms with Gasteiger partial charge in [-0.3, -0.25) is 19.8 Å². The number of thiocarbonyl (C=S) groups is 1. The van der Waals surface area contributed by atoms with E-state index in [-0.39, 0.29) is 15.1 Å². The summed E-state index contributed by atoms with van der Waals surface area (Å²) in [6.07, 6.45) is 0. The smallest absolute Gasteiger partial charge is 0.286 e. The van der Waals surface area contributed by atoms with Gasteiger partial charge in [-0.15, -0.1) is 0 Å². The fourth-order valence-corrected chi connectivity index (χ4v) is 4.44. The molecule has 0 unspecified atom stereocenters. The average Bonchev–Trinajstić information content (AvgIpc) is 3.15. The maximum absolute atomic E-state index is 13.0. The second-order valence-corrected chi connectivity index (χ2v) is 7.73. The van der Waals surface area contributed by atoms with Gasteiger partial charge in [-0.2, -0.15) is 5.01 Å². The number of rotatable bonds is 3. The van der Waals surface area contributed by atoms with Crippen molar-refractivity contribution in [1.82, 2.24) is 10.4 Å². The highest BCUT2D eigenvalue weighted by Crippen LogP contribution is 2.43. The highest BCUT2D eigenvalue weighted by Gasteiger charge is 2.42. The Labute approximate surface area is 171 Å². The highest BCUT2D eigenvalue weighted by atomic mass is 32.2. The van der Waals surface area contributed by atoms with Crippen molar-refractivity contribution in [1.29, 1.82) is 0 Å². The molecule has 0 radical (unpaired) electrons. The summed E-state index contributed by atoms with van der Waals surface area (Å²) in [5, 5.41) is 1.03. The molecule has 2 aliphatic rings. The van der Waals surface area contributed by atoms with Crippen LogP contribution >= 0.6 is 24.0 Å². The van der Waals surface area contributed by atoms with Gasteiger partial charge in [0.2, 0.25) is 0 Å². The van der Waals surface area contributed by atoms with E-state index in [4.69, 9.17) is 12.2 Å². The van der Waals surface area contributed by atoms with E-state index in [9.17, 15) is 14.4 Å². The van der Waals surface area contributed by atoms with Crippen LogP contribution in [0.4, 0.5) is 5.69 Å². The van der Waals surface area contributed by atoms with Crippen LogP contribution in [-0.4, -0.2) is 33.6 Å². The Kier molecular flexibility index (Phi) is 4.74. The van der Waals surface area contributed by atoms with Crippen LogP contribution in [-0.2, 0) is 9.59 Å². The van der Waals surface area contributed by atoms with Gasteiger partial charge in [-0.25, -0.2) is 0 Å². The van der Waals surface area contributed by atoms with Gasteiger partial charge in [-0.05, 0) is 37.3 Å². The minimum atomic E-state index is -0.504. The van der Waals surface area contributed by atoms with Crippen molar-refractivity contribution < 1.29 is 14.4 Å². The topological polar surface area (TPSA) is 69.7 Å². The second-order valence-electron chi connectivity index (χ2n) is 6.09. The summed E-state index contributed by atoms with van der Waals surface area (Å²) in [6, 6.07) is 15.9. The number of nitrogens with one attached hydrogen (secondary N) is 1. The van der Waals surface area contributed by atoms with Crippen LogP contribution in [0.2, 0.25) is 0 Å². The molecule has 0 atom stereocenters. The number of para-hydroxylation sites is 1. The Morgan fingerprint density at radius 3 is 2.43 bits per heavy atom. The second kappa shape index (κ2) is 7.21. The maximum atomic E-state index is 13.0. The summed E-state index contributed by atoms with van der Waals surface area (Å²) in [5.74, 6) is -1.19. The molecular weight excluding hydrogens is 394 g/mol. The third-order valence-corrected chi connectivity index (χ3v) is 5.86. The van der Waals surface area contributed by atoms with Crippen LogP contribution < -0.4 is 10.3 Å². The van der Waals surface area contributed by atoms with Crippen molar-refractivity contribution in [3.05, 3.63) is 70.6 Å². The first-order valence-corrected chi connectivity index (χ1v) is 9.83. The summed E-state index contributed by atoms with van der Waals surface area (Å²) < 4.78 is 0.178. The number of carbonyl (C=O) groups is 3. The number of likely N-dealkylation sites (N-methyl/N-ethyl adjacent to an activating group) is 1. The fraction of sp³-hybridized carbons (Fsp3) is 0.100. The predicted octanol–water partition coefficient (Wildman–Crippen LogP) is 2.97. The molecule has 1 fully saturated rings. The first kappa shape index (κ1) is 18.4. The van der Waals surface area contributed by atoms with Gasteiger partial charge in [0.15, 0.2) is 4.32 Å². The van der Waals surface area contributed by atoms with Gasteiger partial charge in [0, 0.05) is 17.7 Å². The van der Waals surface area contributed by atoms with Crippen molar-refractivity contribution in [3.8, 4) is 0 Å². The number of hydrogen-bond acceptors (Lipinski definition) is 5. The van der Waals surface area contributed by atoms with Gasteiger partial charge < -0.3 is 4.90 Å². The molecule has 2 aliphatic heterocycles. The lowest BCUT2D eigenvalue weighted by atomic mass is 10.1. The minimum absolute atomic E-state index is 0.178. The van der Waals surface area contributed by atoms with Gasteiger partial charge in [0.25, 0.3) is 17.7 Å². The van der Waals surface area contributed by atoms with E-state index < -0.39 is 11.8 Å². The lowest BCUT2D eigenvalue weighted by molar-refractivity contribution is -0.124. The zero-order valence-electron chi connectivity index (χ0n) is 14.8. The molecule has 2 heterocycles. The van der Waals surface area contributed by atoms with Gasteiger partial charge in [0.05, 0.1) is 16.2 Å². The van der Waals surface area contributed by atoms with Gasteiger partial charge >= 0.3 is 0 Å². The molecule has 0 aliphatic carbocycles. The van der Waals surface area contributed by atoms with E-state index in [0.717, 1.165) is 22.5 Å². The Morgan fingerprint density at radius 2 is 1.71 bits per heavy atom. The van der Waals surface area contributed by atoms with Crippen molar-refractivity contribution in [2.45, 2.75) is 6.92 Å². The largest absolute Gasteiger partial charge is 0.308 e. The molecule has 140 valence electrons. The van der Waals surface area contributed by atoms with E-state index in [1.165, 1.54) is 0 Å². The third-order valence-electron chi connectivity index (χ3n) is 4.49. The van der Waals surface area contributed by atoms with E-state index in [0.29, 0.717) is 23.2 Å². The molecular formula is C20H15N3O3S2. The quantitative estimate of drug-likeness (QED) is 0.624. The first-order valence-electron chi connectivity index (χ1n) is 8.60. The van der Waals surface area contributed by atoms with Crippen molar-refractivity contribution in [2.24, 2.45) is 0 Å². The molecule has 6 nitrogen and oxygen atoms in total. The van der Waals surface area contributed by atoms with Crippen LogP contribution in [0.25, 0.3) is 5.57 Å². The highest BCUT2D eigenvalue weighted by molar-refractivity contribution is 8.26. The Morgan fingerprint density at radius 1 is 1.04 bits per heavy atom. The molecule has 2 aromatic rings. The molecule has 2 aromatic carbocycles. The molecule has 0 aromatic heterocycles. The SMILES string of the molecule is CCN1C(=O)/C(=C2/SC(=S)N(NC(=O)c3ccccc3)C2=O)c2ccccc21. The van der Waals surface area contributed by atoms with E-state index in [1.54, 1.807) is 35.2 Å². The zero-order chi connectivity index (χ0) is 19.8. The van der Waals surface area contributed by atoms with Crippen molar-refractivity contribution in [3.63, 3.8) is 0 Å². The van der Waals surface area contributed by atoms with Crippen LogP contribution in [0.5, 0.6) is 0 Å². The summed E-state index contributed by atoms with van der Waals surface area (Å²) in [6.45, 7) is 2.37. The van der Waals surface area contributed by atoms with Crippen molar-refractivity contribution >= 4 is 57.3 Å². The molecule has 3 amide bonds. The Hall–Kier alpha value is -2.97. The lowest BCUT2D eigenvalue weighted by Crippen LogP contribution is -2.45. The molecule has 4 rings (SSSR count). The number of benzene rings is 2. The number of fused-ring (bicyclic) bond motifs is 1. The lowest BCUT2D eigenvalue weighted by Gasteiger charge is -2.15. The maximum Gasteiger partial charge on any atom is 0.286 e. The van der Waals surface area contributed by atoms with Gasteiger partial charge in [-0.1, -0.05) is 48.2 Å². The number of nitrogens with zero attached hydrogens (tertiary/aromatic N) is 2. The molecule has 0 saturated carbocycles. The number of anilines is 1. The summed E-state index contributed by atoms with van der Waals surface area (Å²) in [4.78, 5) is 40.2. The standard InChI is InChI=1S/C20H15N3O3S2/c1-2-22-14-11-7-6-10-13(14)15(18(22)25)16-19(26)23(20(27)28-16)21-17(24)12-8-4-3-5-9-12/h3-11H,2H2,1H3,(H,21,24)/b16-15+. The number of thioether (sulfide) groups is 1. The molecule has 0 spiro atoms. The van der Waals surface area contributed by atoms with Crippen LogP contribution in [0.1, 0.15) is 22.8 Å². The number of hydrogen-bond donors (Lipinski definition) is 1. The molecule has 28 heavy (non-hydrogen) atoms. The van der Waals surface area contributed by atoms with E-state index >= 15 is 0 Å². The number of amides is 3. The number of carbonyl (C=O) groups excluding carboxylic acids is 3. The van der Waals surface area contributed by atoms with Crippen LogP contribution in [0.3, 0.4) is 0 Å². The van der Waals surface area contributed by atoms with Crippen LogP contribution in [0.15, 0.2) is 59.5 Å². The molecule has 1 saturated heterocycles. The molecule has 0 bridgehead atoms. The summed E-state index contributed by atoms with van der Waals surface area (Å²) >= 11 is 6.31. The van der Waals surface area contributed by atoms with Crippen LogP contribution in [0, 0.1) is 0 Å². The molecule has 1 N–H and O–H groups in total. The predicted molar refractivity (Wildman–Crippen MR) is 112 cm³/mol. The zero-order valence-corrected chi connectivity index (χ0v) is 16.5. The average molecular weight is 409 g/mol. The van der Waals surface area contributed by atoms with E-state index in [1.807, 2.05) is 31.2 Å². The Balaban J connectivity index is 1.69.